The summed E-state index contributed by atoms with van der Waals surface area (Å²) in [6.07, 6.45) is 4.67. The summed E-state index contributed by atoms with van der Waals surface area (Å²) in [4.78, 5) is 11.4. The second-order valence-corrected chi connectivity index (χ2v) is 5.48. The minimum atomic E-state index is -0.994. The van der Waals surface area contributed by atoms with E-state index in [9.17, 15) is 14.3 Å². The third-order valence-electron chi connectivity index (χ3n) is 4.02. The average Bonchev–Trinajstić information content (AvgIpc) is 2.63. The molecule has 1 aliphatic carbocycles. The van der Waals surface area contributed by atoms with Crippen molar-refractivity contribution in [2.45, 2.75) is 39.0 Å². The first kappa shape index (κ1) is 13.8. The summed E-state index contributed by atoms with van der Waals surface area (Å²) in [5.41, 5.74) is 3.43. The molecule has 0 saturated carbocycles. The van der Waals surface area contributed by atoms with Gasteiger partial charge < -0.3 is 5.11 Å². The fourth-order valence-electron chi connectivity index (χ4n) is 3.00. The third kappa shape index (κ3) is 2.44. The summed E-state index contributed by atoms with van der Waals surface area (Å²) in [6.45, 7) is 1.81. The molecule has 1 aromatic heterocycles. The molecule has 110 valence electrons. The molecule has 1 aromatic carbocycles. The molecule has 0 aliphatic heterocycles. The molecule has 1 N–H and O–H groups in total. The lowest BCUT2D eigenvalue weighted by molar-refractivity contribution is 0.0688. The number of fused-ring (bicyclic) bond motifs is 1. The number of nitrogens with zero attached hydrogens (tertiary/aromatic N) is 2. The van der Waals surface area contributed by atoms with Crippen LogP contribution < -0.4 is 0 Å². The van der Waals surface area contributed by atoms with Gasteiger partial charge in [-0.25, -0.2) is 13.9 Å². The SMILES string of the molecule is Cc1cc(F)ccc1-n1nc(C(=O)O)c2c1CCCCC2. The summed E-state index contributed by atoms with van der Waals surface area (Å²) < 4.78 is 15.0. The number of hydrogen-bond donors (Lipinski definition) is 1. The van der Waals surface area contributed by atoms with Crippen LogP contribution in [0.4, 0.5) is 4.39 Å². The Balaban J connectivity index is 2.20. The van der Waals surface area contributed by atoms with Crippen molar-refractivity contribution in [1.82, 2.24) is 9.78 Å². The maximum Gasteiger partial charge on any atom is 0.356 e. The molecule has 0 fully saturated rings. The van der Waals surface area contributed by atoms with E-state index < -0.39 is 5.97 Å². The maximum atomic E-state index is 13.3. The van der Waals surface area contributed by atoms with Crippen molar-refractivity contribution in [3.05, 3.63) is 46.5 Å². The number of carbonyl (C=O) groups is 1. The highest BCUT2D eigenvalue weighted by atomic mass is 19.1. The van der Waals surface area contributed by atoms with Crippen molar-refractivity contribution in [3.63, 3.8) is 0 Å². The van der Waals surface area contributed by atoms with Gasteiger partial charge >= 0.3 is 5.97 Å². The molecular weight excluding hydrogens is 271 g/mol. The second-order valence-electron chi connectivity index (χ2n) is 5.48. The van der Waals surface area contributed by atoms with Gasteiger partial charge in [0.05, 0.1) is 5.69 Å². The molecule has 0 saturated heterocycles. The number of carboxylic acid groups (broad SMARTS) is 1. The number of aromatic nitrogens is 2. The number of rotatable bonds is 2. The molecule has 0 spiro atoms. The van der Waals surface area contributed by atoms with Crippen molar-refractivity contribution in [2.24, 2.45) is 0 Å². The van der Waals surface area contributed by atoms with Gasteiger partial charge in [-0.3, -0.25) is 0 Å². The van der Waals surface area contributed by atoms with Gasteiger partial charge in [-0.2, -0.15) is 5.10 Å². The summed E-state index contributed by atoms with van der Waals surface area (Å²) in [7, 11) is 0. The highest BCUT2D eigenvalue weighted by Gasteiger charge is 2.24. The van der Waals surface area contributed by atoms with Crippen LogP contribution in [0, 0.1) is 12.7 Å². The van der Waals surface area contributed by atoms with Crippen LogP contribution in [0.25, 0.3) is 5.69 Å². The zero-order valence-corrected chi connectivity index (χ0v) is 11.9. The molecule has 0 amide bonds. The molecule has 3 rings (SSSR count). The first-order valence-electron chi connectivity index (χ1n) is 7.18. The lowest BCUT2D eigenvalue weighted by atomic mass is 10.1. The molecular formula is C16H17FN2O2. The summed E-state index contributed by atoms with van der Waals surface area (Å²) >= 11 is 0. The van der Waals surface area contributed by atoms with E-state index in [-0.39, 0.29) is 11.5 Å². The zero-order valence-electron chi connectivity index (χ0n) is 11.9. The van der Waals surface area contributed by atoms with Gasteiger partial charge in [0, 0.05) is 11.3 Å². The third-order valence-corrected chi connectivity index (χ3v) is 4.02. The van der Waals surface area contributed by atoms with E-state index in [2.05, 4.69) is 5.10 Å². The number of benzene rings is 1. The lowest BCUT2D eigenvalue weighted by Gasteiger charge is -2.10. The lowest BCUT2D eigenvalue weighted by Crippen LogP contribution is -2.06. The standard InChI is InChI=1S/C16H17FN2O2/c1-10-9-11(17)7-8-13(10)19-14-6-4-2-3-5-12(14)15(18-19)16(20)21/h7-9H,2-6H2,1H3,(H,20,21). The molecule has 5 heteroatoms. The molecule has 21 heavy (non-hydrogen) atoms. The van der Waals surface area contributed by atoms with Crippen molar-refractivity contribution >= 4 is 5.97 Å². The topological polar surface area (TPSA) is 55.1 Å². The van der Waals surface area contributed by atoms with Crippen LogP contribution in [0.5, 0.6) is 0 Å². The monoisotopic (exact) mass is 288 g/mol. The fraction of sp³-hybridized carbons (Fsp3) is 0.375. The predicted molar refractivity (Wildman–Crippen MR) is 76.5 cm³/mol. The number of carboxylic acids is 1. The Morgan fingerprint density at radius 3 is 2.76 bits per heavy atom. The Morgan fingerprint density at radius 2 is 2.05 bits per heavy atom. The smallest absolute Gasteiger partial charge is 0.356 e. The first-order chi connectivity index (χ1) is 10.1. The molecule has 1 heterocycles. The van der Waals surface area contributed by atoms with Crippen LogP contribution in [-0.2, 0) is 12.8 Å². The zero-order chi connectivity index (χ0) is 15.0. The van der Waals surface area contributed by atoms with E-state index in [1.807, 2.05) is 6.92 Å². The largest absolute Gasteiger partial charge is 0.476 e. The van der Waals surface area contributed by atoms with Crippen molar-refractivity contribution in [3.8, 4) is 5.69 Å². The van der Waals surface area contributed by atoms with E-state index in [0.29, 0.717) is 0 Å². The molecule has 0 atom stereocenters. The minimum Gasteiger partial charge on any atom is -0.476 e. The normalized spacial score (nSPS) is 14.6. The molecule has 0 bridgehead atoms. The van der Waals surface area contributed by atoms with Gasteiger partial charge in [-0.1, -0.05) is 6.42 Å². The van der Waals surface area contributed by atoms with Gasteiger partial charge in [0.25, 0.3) is 0 Å². The van der Waals surface area contributed by atoms with Crippen molar-refractivity contribution in [1.29, 1.82) is 0 Å². The molecule has 2 aromatic rings. The van der Waals surface area contributed by atoms with E-state index in [0.717, 1.165) is 54.6 Å². The van der Waals surface area contributed by atoms with Gasteiger partial charge in [0.2, 0.25) is 0 Å². The number of halogens is 1. The maximum absolute atomic E-state index is 13.3. The van der Waals surface area contributed by atoms with Gasteiger partial charge in [0.1, 0.15) is 5.82 Å². The van der Waals surface area contributed by atoms with E-state index in [1.165, 1.54) is 12.1 Å². The van der Waals surface area contributed by atoms with Crippen LogP contribution in [0.1, 0.15) is 46.6 Å². The highest BCUT2D eigenvalue weighted by Crippen LogP contribution is 2.27. The molecule has 1 aliphatic rings. The summed E-state index contributed by atoms with van der Waals surface area (Å²) in [5, 5.41) is 13.7. The van der Waals surface area contributed by atoms with E-state index in [1.54, 1.807) is 10.7 Å². The van der Waals surface area contributed by atoms with Crippen LogP contribution in [-0.4, -0.2) is 20.9 Å². The Labute approximate surface area is 122 Å². The first-order valence-corrected chi connectivity index (χ1v) is 7.18. The number of hydrogen-bond acceptors (Lipinski definition) is 2. The fourth-order valence-corrected chi connectivity index (χ4v) is 3.00. The molecule has 4 nitrogen and oxygen atoms in total. The predicted octanol–water partition coefficient (Wildman–Crippen LogP) is 3.29. The minimum absolute atomic E-state index is 0.135. The van der Waals surface area contributed by atoms with Crippen LogP contribution >= 0.6 is 0 Å². The summed E-state index contributed by atoms with van der Waals surface area (Å²) in [5.74, 6) is -1.29. The Kier molecular flexibility index (Phi) is 3.49. The van der Waals surface area contributed by atoms with Gasteiger partial charge in [0.15, 0.2) is 5.69 Å². The highest BCUT2D eigenvalue weighted by molar-refractivity contribution is 5.87. The number of aromatic carboxylic acids is 1. The Bertz CT molecular complexity index is 707. The van der Waals surface area contributed by atoms with Gasteiger partial charge in [-0.05, 0) is 56.4 Å². The van der Waals surface area contributed by atoms with E-state index in [4.69, 9.17) is 0 Å². The van der Waals surface area contributed by atoms with Crippen molar-refractivity contribution < 1.29 is 14.3 Å². The van der Waals surface area contributed by atoms with Crippen molar-refractivity contribution in [2.75, 3.05) is 0 Å². The Hall–Kier alpha value is -2.17. The second kappa shape index (κ2) is 5.31. The van der Waals surface area contributed by atoms with Crippen LogP contribution in [0.2, 0.25) is 0 Å². The quantitative estimate of drug-likeness (QED) is 0.863. The number of aryl methyl sites for hydroxylation is 1. The van der Waals surface area contributed by atoms with Crippen LogP contribution in [0.3, 0.4) is 0 Å². The van der Waals surface area contributed by atoms with Crippen LogP contribution in [0.15, 0.2) is 18.2 Å². The Morgan fingerprint density at radius 1 is 1.29 bits per heavy atom. The average molecular weight is 288 g/mol. The molecule has 0 radical (unpaired) electrons. The summed E-state index contributed by atoms with van der Waals surface area (Å²) in [6, 6.07) is 4.49. The van der Waals surface area contributed by atoms with E-state index >= 15 is 0 Å². The molecule has 0 unspecified atom stereocenters. The van der Waals surface area contributed by atoms with Gasteiger partial charge in [-0.15, -0.1) is 0 Å².